The number of halogens is 2. The van der Waals surface area contributed by atoms with E-state index in [2.05, 4.69) is 36.4 Å². The molecular formula is C17H15BrFN5OS. The molecule has 0 saturated carbocycles. The Bertz CT molecular complexity index is 919. The fourth-order valence-electron chi connectivity index (χ4n) is 2.30. The molecular weight excluding hydrogens is 421 g/mol. The summed E-state index contributed by atoms with van der Waals surface area (Å²) in [5.74, 6) is 0.0165. The summed E-state index contributed by atoms with van der Waals surface area (Å²) >= 11 is 4.44. The monoisotopic (exact) mass is 435 g/mol. The van der Waals surface area contributed by atoms with Crippen LogP contribution in [0, 0.1) is 5.82 Å². The maximum absolute atomic E-state index is 13.8. The SMILES string of the molecule is CCn1c(SCC(=O)Nc2ccc(Br)cc2F)nnc1-c1ccncc1. The number of anilines is 1. The summed E-state index contributed by atoms with van der Waals surface area (Å²) in [7, 11) is 0. The Labute approximate surface area is 162 Å². The molecule has 1 N–H and O–H groups in total. The molecule has 0 spiro atoms. The van der Waals surface area contributed by atoms with Gasteiger partial charge < -0.3 is 9.88 Å². The molecule has 0 radical (unpaired) electrons. The summed E-state index contributed by atoms with van der Waals surface area (Å²) in [5, 5.41) is 11.6. The zero-order chi connectivity index (χ0) is 18.5. The summed E-state index contributed by atoms with van der Waals surface area (Å²) in [4.78, 5) is 16.1. The van der Waals surface area contributed by atoms with Gasteiger partial charge in [0.05, 0.1) is 11.4 Å². The van der Waals surface area contributed by atoms with Gasteiger partial charge in [-0.2, -0.15) is 0 Å². The zero-order valence-corrected chi connectivity index (χ0v) is 16.2. The number of carbonyl (C=O) groups is 1. The number of hydrogen-bond acceptors (Lipinski definition) is 5. The fourth-order valence-corrected chi connectivity index (χ4v) is 3.44. The normalized spacial score (nSPS) is 10.7. The van der Waals surface area contributed by atoms with Crippen LogP contribution in [0.2, 0.25) is 0 Å². The minimum atomic E-state index is -0.491. The van der Waals surface area contributed by atoms with E-state index in [4.69, 9.17) is 0 Å². The predicted octanol–water partition coefficient (Wildman–Crippen LogP) is 3.99. The number of thioether (sulfide) groups is 1. The third-order valence-corrected chi connectivity index (χ3v) is 4.97. The first-order valence-corrected chi connectivity index (χ1v) is 9.57. The van der Waals surface area contributed by atoms with Crippen LogP contribution in [0.4, 0.5) is 10.1 Å². The summed E-state index contributed by atoms with van der Waals surface area (Å²) in [5.41, 5.74) is 1.05. The lowest BCUT2D eigenvalue weighted by Gasteiger charge is -2.08. The Kier molecular flexibility index (Phi) is 6.00. The van der Waals surface area contributed by atoms with E-state index in [1.807, 2.05) is 23.6 Å². The largest absolute Gasteiger partial charge is 0.323 e. The van der Waals surface area contributed by atoms with Crippen molar-refractivity contribution < 1.29 is 9.18 Å². The van der Waals surface area contributed by atoms with Crippen molar-refractivity contribution in [3.8, 4) is 11.4 Å². The first kappa shape index (κ1) is 18.5. The number of carbonyl (C=O) groups excluding carboxylic acids is 1. The van der Waals surface area contributed by atoms with Crippen molar-refractivity contribution in [3.05, 3.63) is 53.0 Å². The Balaban J connectivity index is 1.68. The second-order valence-corrected chi connectivity index (χ2v) is 7.11. The molecule has 0 bridgehead atoms. The Morgan fingerprint density at radius 1 is 1.27 bits per heavy atom. The molecule has 3 aromatic rings. The van der Waals surface area contributed by atoms with Gasteiger partial charge in [-0.1, -0.05) is 27.7 Å². The van der Waals surface area contributed by atoms with Crippen LogP contribution in [0.1, 0.15) is 6.92 Å². The zero-order valence-electron chi connectivity index (χ0n) is 13.8. The van der Waals surface area contributed by atoms with Gasteiger partial charge in [-0.15, -0.1) is 10.2 Å². The van der Waals surface area contributed by atoms with E-state index in [1.165, 1.54) is 23.9 Å². The van der Waals surface area contributed by atoms with Crippen molar-refractivity contribution in [2.75, 3.05) is 11.1 Å². The number of benzene rings is 1. The minimum Gasteiger partial charge on any atom is -0.323 e. The Morgan fingerprint density at radius 2 is 2.04 bits per heavy atom. The molecule has 134 valence electrons. The third kappa shape index (κ3) is 4.28. The van der Waals surface area contributed by atoms with Crippen LogP contribution >= 0.6 is 27.7 Å². The number of nitrogens with zero attached hydrogens (tertiary/aromatic N) is 4. The molecule has 0 unspecified atom stereocenters. The van der Waals surface area contributed by atoms with E-state index in [9.17, 15) is 9.18 Å². The lowest BCUT2D eigenvalue weighted by molar-refractivity contribution is -0.113. The molecule has 0 fully saturated rings. The fraction of sp³-hybridized carbons (Fsp3) is 0.176. The second kappa shape index (κ2) is 8.41. The van der Waals surface area contributed by atoms with Crippen LogP contribution in [0.15, 0.2) is 52.4 Å². The van der Waals surface area contributed by atoms with Crippen LogP contribution in [0.25, 0.3) is 11.4 Å². The van der Waals surface area contributed by atoms with Crippen LogP contribution in [0.3, 0.4) is 0 Å². The maximum atomic E-state index is 13.8. The molecule has 0 aliphatic rings. The van der Waals surface area contributed by atoms with Crippen molar-refractivity contribution in [2.24, 2.45) is 0 Å². The quantitative estimate of drug-likeness (QED) is 0.592. The molecule has 0 atom stereocenters. The van der Waals surface area contributed by atoms with Crippen molar-refractivity contribution in [2.45, 2.75) is 18.6 Å². The highest BCUT2D eigenvalue weighted by atomic mass is 79.9. The van der Waals surface area contributed by atoms with Crippen molar-refractivity contribution in [1.29, 1.82) is 0 Å². The molecule has 1 aromatic carbocycles. The van der Waals surface area contributed by atoms with Crippen molar-refractivity contribution >= 4 is 39.3 Å². The number of amides is 1. The average molecular weight is 436 g/mol. The molecule has 6 nitrogen and oxygen atoms in total. The van der Waals surface area contributed by atoms with Crippen LogP contribution in [-0.2, 0) is 11.3 Å². The van der Waals surface area contributed by atoms with Crippen LogP contribution in [-0.4, -0.2) is 31.4 Å². The van der Waals surface area contributed by atoms with E-state index in [0.29, 0.717) is 16.2 Å². The van der Waals surface area contributed by atoms with Gasteiger partial charge in [0.2, 0.25) is 5.91 Å². The second-order valence-electron chi connectivity index (χ2n) is 5.25. The summed E-state index contributed by atoms with van der Waals surface area (Å²) in [6.45, 7) is 2.64. The first-order chi connectivity index (χ1) is 12.6. The van der Waals surface area contributed by atoms with E-state index in [0.717, 1.165) is 11.4 Å². The average Bonchev–Trinajstić information content (AvgIpc) is 3.06. The lowest BCUT2D eigenvalue weighted by atomic mass is 10.2. The molecule has 2 heterocycles. The molecule has 26 heavy (non-hydrogen) atoms. The molecule has 1 amide bonds. The number of nitrogens with one attached hydrogen (secondary N) is 1. The highest BCUT2D eigenvalue weighted by molar-refractivity contribution is 9.10. The van der Waals surface area contributed by atoms with Gasteiger partial charge in [-0.05, 0) is 37.3 Å². The smallest absolute Gasteiger partial charge is 0.234 e. The first-order valence-electron chi connectivity index (χ1n) is 7.79. The molecule has 2 aromatic heterocycles. The van der Waals surface area contributed by atoms with E-state index >= 15 is 0 Å². The topological polar surface area (TPSA) is 72.7 Å². The number of rotatable bonds is 6. The minimum absolute atomic E-state index is 0.101. The van der Waals surface area contributed by atoms with Crippen molar-refractivity contribution in [1.82, 2.24) is 19.7 Å². The number of pyridine rings is 1. The molecule has 0 saturated heterocycles. The van der Waals surface area contributed by atoms with E-state index < -0.39 is 5.82 Å². The lowest BCUT2D eigenvalue weighted by Crippen LogP contribution is -2.15. The van der Waals surface area contributed by atoms with Crippen molar-refractivity contribution in [3.63, 3.8) is 0 Å². The van der Waals surface area contributed by atoms with E-state index in [-0.39, 0.29) is 17.3 Å². The summed E-state index contributed by atoms with van der Waals surface area (Å²) in [6.07, 6.45) is 3.38. The predicted molar refractivity (Wildman–Crippen MR) is 102 cm³/mol. The van der Waals surface area contributed by atoms with Gasteiger partial charge in [0.15, 0.2) is 11.0 Å². The van der Waals surface area contributed by atoms with Gasteiger partial charge in [-0.25, -0.2) is 4.39 Å². The van der Waals surface area contributed by atoms with Gasteiger partial charge in [0.1, 0.15) is 5.82 Å². The highest BCUT2D eigenvalue weighted by Gasteiger charge is 2.15. The van der Waals surface area contributed by atoms with Crippen LogP contribution in [0.5, 0.6) is 0 Å². The standard InChI is InChI=1S/C17H15BrFN5OS/c1-2-24-16(11-5-7-20-8-6-11)22-23-17(24)26-10-15(25)21-14-4-3-12(18)9-13(14)19/h3-9H,2,10H2,1H3,(H,21,25). The molecule has 9 heteroatoms. The van der Waals surface area contributed by atoms with Gasteiger partial charge in [0, 0.05) is 29.0 Å². The number of hydrogen-bond donors (Lipinski definition) is 1. The summed E-state index contributed by atoms with van der Waals surface area (Å²) < 4.78 is 16.3. The van der Waals surface area contributed by atoms with Crippen LogP contribution < -0.4 is 5.32 Å². The Hall–Kier alpha value is -2.26. The third-order valence-electron chi connectivity index (χ3n) is 3.51. The van der Waals surface area contributed by atoms with E-state index in [1.54, 1.807) is 18.5 Å². The Morgan fingerprint density at radius 3 is 2.73 bits per heavy atom. The molecule has 3 rings (SSSR count). The summed E-state index contributed by atoms with van der Waals surface area (Å²) in [6, 6.07) is 8.19. The maximum Gasteiger partial charge on any atom is 0.234 e. The number of aromatic nitrogens is 4. The van der Waals surface area contributed by atoms with Gasteiger partial charge >= 0.3 is 0 Å². The van der Waals surface area contributed by atoms with Gasteiger partial charge in [-0.3, -0.25) is 9.78 Å². The molecule has 0 aliphatic heterocycles. The van der Waals surface area contributed by atoms with Gasteiger partial charge in [0.25, 0.3) is 0 Å². The molecule has 0 aliphatic carbocycles. The highest BCUT2D eigenvalue weighted by Crippen LogP contribution is 2.24.